The van der Waals surface area contributed by atoms with Crippen molar-refractivity contribution in [1.82, 2.24) is 4.90 Å². The van der Waals surface area contributed by atoms with Gasteiger partial charge in [-0.15, -0.1) is 0 Å². The highest BCUT2D eigenvalue weighted by atomic mass is 16.3. The second-order valence-electron chi connectivity index (χ2n) is 16.7. The number of rotatable bonds is 10. The number of carbonyl (C=O) groups excluding carboxylic acids is 2. The van der Waals surface area contributed by atoms with Gasteiger partial charge in [0.1, 0.15) is 18.3 Å². The summed E-state index contributed by atoms with van der Waals surface area (Å²) < 4.78 is 0. The zero-order valence-electron chi connectivity index (χ0n) is 33.2. The summed E-state index contributed by atoms with van der Waals surface area (Å²) in [6, 6.07) is 9.71. The molecule has 0 unspecified atom stereocenters. The molecule has 2 rings (SSSR count). The number of phenols is 2. The van der Waals surface area contributed by atoms with Crippen LogP contribution in [0.2, 0.25) is 0 Å². The van der Waals surface area contributed by atoms with Gasteiger partial charge in [0.25, 0.3) is 0 Å². The number of carbonyl (C=O) groups is 2. The van der Waals surface area contributed by atoms with Crippen LogP contribution >= 0.6 is 0 Å². The Morgan fingerprint density at radius 1 is 0.596 bits per heavy atom. The van der Waals surface area contributed by atoms with Crippen molar-refractivity contribution in [2.75, 3.05) is 19.6 Å². The van der Waals surface area contributed by atoms with Crippen LogP contribution in [0.1, 0.15) is 175 Å². The zero-order chi connectivity index (χ0) is 37.2. The number of aldehydes is 1. The van der Waals surface area contributed by atoms with Gasteiger partial charge in [0.15, 0.2) is 6.29 Å². The molecule has 0 aliphatic carbocycles. The average molecular weight is 656 g/mol. The van der Waals surface area contributed by atoms with Gasteiger partial charge in [-0.2, -0.15) is 0 Å². The Morgan fingerprint density at radius 3 is 1.30 bits per heavy atom. The Balaban J connectivity index is 0. The lowest BCUT2D eigenvalue weighted by molar-refractivity contribution is -0.0980. The lowest BCUT2D eigenvalue weighted by Crippen LogP contribution is -2.27. The molecule has 0 amide bonds. The first-order chi connectivity index (χ1) is 21.5. The first-order valence-corrected chi connectivity index (χ1v) is 17.7. The number of hydrogen-bond acceptors (Lipinski definition) is 5. The van der Waals surface area contributed by atoms with Crippen LogP contribution in [0.15, 0.2) is 30.3 Å². The number of unbranched alkanes of at least 4 members (excludes halogenated alkanes) is 3. The van der Waals surface area contributed by atoms with Crippen LogP contribution in [0.4, 0.5) is 0 Å². The molecule has 2 N–H and O–H groups in total. The van der Waals surface area contributed by atoms with E-state index in [1.165, 1.54) is 63.7 Å². The second-order valence-corrected chi connectivity index (χ2v) is 16.7. The highest BCUT2D eigenvalue weighted by Crippen LogP contribution is 2.37. The lowest BCUT2D eigenvalue weighted by atomic mass is 9.79. The summed E-state index contributed by atoms with van der Waals surface area (Å²) in [5.74, 6) is 0.510. The van der Waals surface area contributed by atoms with Crippen LogP contribution in [0, 0.1) is 0 Å². The topological polar surface area (TPSA) is 77.8 Å². The van der Waals surface area contributed by atoms with Gasteiger partial charge in [0.05, 0.1) is 5.56 Å². The summed E-state index contributed by atoms with van der Waals surface area (Å²) in [5.41, 5.74) is 4.48. The summed E-state index contributed by atoms with van der Waals surface area (Å²) in [7, 11) is 0. The SMILES string of the molecule is C=O.CC(C)(C)c1cc(C=O)c(O)c(C(C)(C)C)c1.CC(C)(C)c1ccc(O)c(C(C)(C)C)c1.CCCCN(CCCC)CCCC. The lowest BCUT2D eigenvalue weighted by Gasteiger charge is -2.26. The van der Waals surface area contributed by atoms with E-state index in [9.17, 15) is 15.0 Å². The minimum Gasteiger partial charge on any atom is -0.508 e. The number of nitrogens with zero attached hydrogens (tertiary/aromatic N) is 1. The van der Waals surface area contributed by atoms with E-state index >= 15 is 0 Å². The molecule has 0 aliphatic rings. The van der Waals surface area contributed by atoms with E-state index in [1.54, 1.807) is 12.1 Å². The highest BCUT2D eigenvalue weighted by molar-refractivity contribution is 5.81. The first-order valence-electron chi connectivity index (χ1n) is 17.7. The van der Waals surface area contributed by atoms with Gasteiger partial charge in [0, 0.05) is 5.56 Å². The fourth-order valence-corrected chi connectivity index (χ4v) is 4.84. The Bertz CT molecular complexity index is 1140. The predicted molar refractivity (Wildman–Crippen MR) is 205 cm³/mol. The summed E-state index contributed by atoms with van der Waals surface area (Å²) in [5, 5.41) is 19.9. The monoisotopic (exact) mass is 656 g/mol. The number of phenolic OH excluding ortho intramolecular Hbond substituents is 2. The summed E-state index contributed by atoms with van der Waals surface area (Å²) in [6.07, 6.45) is 8.81. The molecule has 2 aromatic rings. The largest absolute Gasteiger partial charge is 0.508 e. The third kappa shape index (κ3) is 17.9. The smallest absolute Gasteiger partial charge is 0.153 e. The van der Waals surface area contributed by atoms with Crippen LogP contribution in [-0.4, -0.2) is 47.8 Å². The van der Waals surface area contributed by atoms with Crippen LogP contribution in [-0.2, 0) is 26.5 Å². The maximum absolute atomic E-state index is 11.0. The minimum atomic E-state index is -0.177. The highest BCUT2D eigenvalue weighted by Gasteiger charge is 2.25. The molecule has 270 valence electrons. The van der Waals surface area contributed by atoms with Crippen molar-refractivity contribution >= 4 is 13.1 Å². The summed E-state index contributed by atoms with van der Waals surface area (Å²) in [4.78, 5) is 21.7. The quantitative estimate of drug-likeness (QED) is 0.249. The van der Waals surface area contributed by atoms with Crippen molar-refractivity contribution in [2.45, 2.75) is 164 Å². The number of aromatic hydroxyl groups is 2. The van der Waals surface area contributed by atoms with Crippen LogP contribution in [0.25, 0.3) is 0 Å². The van der Waals surface area contributed by atoms with Gasteiger partial charge in [-0.05, 0) is 89.4 Å². The molecule has 5 heteroatoms. The van der Waals surface area contributed by atoms with E-state index in [0.717, 1.165) is 23.0 Å². The van der Waals surface area contributed by atoms with E-state index in [0.29, 0.717) is 11.3 Å². The Hall–Kier alpha value is -2.66. The fraction of sp³-hybridized carbons (Fsp3) is 0.667. The maximum Gasteiger partial charge on any atom is 0.153 e. The molecule has 5 nitrogen and oxygen atoms in total. The molecule has 0 atom stereocenters. The second kappa shape index (κ2) is 21.3. The van der Waals surface area contributed by atoms with Crippen molar-refractivity contribution in [3.63, 3.8) is 0 Å². The molecule has 0 saturated carbocycles. The molecule has 47 heavy (non-hydrogen) atoms. The molecule has 2 aromatic carbocycles. The van der Waals surface area contributed by atoms with Crippen LogP contribution in [0.5, 0.6) is 11.5 Å². The van der Waals surface area contributed by atoms with Crippen molar-refractivity contribution < 1.29 is 19.8 Å². The van der Waals surface area contributed by atoms with Crippen molar-refractivity contribution in [2.24, 2.45) is 0 Å². The maximum atomic E-state index is 11.0. The van der Waals surface area contributed by atoms with E-state index in [1.807, 2.05) is 39.7 Å². The molecule has 0 aromatic heterocycles. The predicted octanol–water partition coefficient (Wildman–Crippen LogP) is 11.3. The number of benzene rings is 2. The molecule has 0 aliphatic heterocycles. The van der Waals surface area contributed by atoms with Gasteiger partial charge in [-0.1, -0.05) is 141 Å². The van der Waals surface area contributed by atoms with E-state index in [-0.39, 0.29) is 27.4 Å². The summed E-state index contributed by atoms with van der Waals surface area (Å²) >= 11 is 0. The fourth-order valence-electron chi connectivity index (χ4n) is 4.84. The molecular weight excluding hydrogens is 582 g/mol. The Kier molecular flexibility index (Phi) is 21.1. The summed E-state index contributed by atoms with van der Waals surface area (Å²) in [6.45, 7) is 38.1. The van der Waals surface area contributed by atoms with E-state index in [4.69, 9.17) is 4.79 Å². The average Bonchev–Trinajstić information content (AvgIpc) is 2.96. The van der Waals surface area contributed by atoms with Gasteiger partial charge in [-0.3, -0.25) is 4.79 Å². The van der Waals surface area contributed by atoms with Gasteiger partial charge >= 0.3 is 0 Å². The van der Waals surface area contributed by atoms with Crippen molar-refractivity contribution in [3.05, 3.63) is 58.1 Å². The third-order valence-corrected chi connectivity index (χ3v) is 8.09. The molecule has 0 fully saturated rings. The Morgan fingerprint density at radius 2 is 0.979 bits per heavy atom. The standard InChI is InChI=1S/C15H22O2.C14H22O.C12H27N.CH2O/c1-14(2,3)11-7-10(9-16)13(17)12(8-11)15(4,5)6;1-13(2,3)10-7-8-12(15)11(9-10)14(4,5)6;1-4-7-10-13(11-8-5-2)12-9-6-3;1-2/h7-9,17H,1-6H3;7-9,15H,1-6H3;4-12H2,1-3H3;1H2. The van der Waals surface area contributed by atoms with Crippen molar-refractivity contribution in [1.29, 1.82) is 0 Å². The molecule has 0 spiro atoms. The first kappa shape index (κ1) is 46.5. The molecule has 0 bridgehead atoms. The zero-order valence-corrected chi connectivity index (χ0v) is 33.2. The molecule has 0 heterocycles. The third-order valence-electron chi connectivity index (χ3n) is 8.09. The molecule has 0 saturated heterocycles. The van der Waals surface area contributed by atoms with Gasteiger partial charge < -0.3 is 19.9 Å². The molecule has 0 radical (unpaired) electrons. The number of hydrogen-bond donors (Lipinski definition) is 2. The van der Waals surface area contributed by atoms with Crippen LogP contribution in [0.3, 0.4) is 0 Å². The van der Waals surface area contributed by atoms with E-state index < -0.39 is 0 Å². The van der Waals surface area contributed by atoms with Crippen molar-refractivity contribution in [3.8, 4) is 11.5 Å². The van der Waals surface area contributed by atoms with Crippen LogP contribution < -0.4 is 0 Å². The Labute approximate surface area is 290 Å². The van der Waals surface area contributed by atoms with Gasteiger partial charge in [-0.25, -0.2) is 0 Å². The van der Waals surface area contributed by atoms with Gasteiger partial charge in [0.2, 0.25) is 0 Å². The normalized spacial score (nSPS) is 11.8. The molecular formula is C42H73NO4. The minimum absolute atomic E-state index is 0.00859. The van der Waals surface area contributed by atoms with E-state index in [2.05, 4.69) is 94.1 Å².